The predicted molar refractivity (Wildman–Crippen MR) is 101 cm³/mol. The topological polar surface area (TPSA) is 86.9 Å². The number of rotatable bonds is 7. The van der Waals surface area contributed by atoms with Crippen molar-refractivity contribution in [1.82, 2.24) is 19.5 Å². The molecule has 3 aromatic rings. The lowest BCUT2D eigenvalue weighted by molar-refractivity contribution is -0.116. The average molecular weight is 368 g/mol. The minimum absolute atomic E-state index is 0.237. The second kappa shape index (κ2) is 8.22. The van der Waals surface area contributed by atoms with E-state index in [0.29, 0.717) is 17.1 Å². The van der Waals surface area contributed by atoms with Gasteiger partial charge in [0.25, 0.3) is 0 Å². The molecule has 0 saturated heterocycles. The fourth-order valence-electron chi connectivity index (χ4n) is 2.56. The lowest BCUT2D eigenvalue weighted by Crippen LogP contribution is -2.30. The molecule has 0 aliphatic rings. The molecule has 0 atom stereocenters. The number of benzene rings is 1. The summed E-state index contributed by atoms with van der Waals surface area (Å²) >= 11 is 0. The molecule has 0 radical (unpaired) electrons. The summed E-state index contributed by atoms with van der Waals surface area (Å²) in [4.78, 5) is 24.1. The minimum atomic E-state index is -0.270. The fraction of sp³-hybridized carbons (Fsp3) is 0.211. The van der Waals surface area contributed by atoms with E-state index in [1.54, 1.807) is 56.8 Å². The van der Waals surface area contributed by atoms with Crippen molar-refractivity contribution in [3.05, 3.63) is 64.7 Å². The van der Waals surface area contributed by atoms with Crippen molar-refractivity contribution < 1.29 is 14.3 Å². The molecule has 1 N–H and O–H groups in total. The zero-order chi connectivity index (χ0) is 19.2. The highest BCUT2D eigenvalue weighted by Gasteiger charge is 2.06. The zero-order valence-electron chi connectivity index (χ0n) is 15.1. The molecule has 2 aromatic heterocycles. The molecular weight excluding hydrogens is 348 g/mol. The second-order valence-electron chi connectivity index (χ2n) is 5.70. The smallest absolute Gasteiger partial charge is 0.350 e. The Bertz CT molecular complexity index is 1010. The number of methoxy groups -OCH3 is 2. The Hall–Kier alpha value is -3.55. The SMILES string of the molecule is COc1cc(C=CC(=O)NCCn2nc3ccccn3c2=O)cc(OC)c1. The maximum Gasteiger partial charge on any atom is 0.350 e. The van der Waals surface area contributed by atoms with Crippen molar-refractivity contribution in [3.63, 3.8) is 0 Å². The molecule has 1 amide bonds. The molecular formula is C19H20N4O4. The number of carbonyl (C=O) groups excluding carboxylic acids is 1. The van der Waals surface area contributed by atoms with E-state index >= 15 is 0 Å². The van der Waals surface area contributed by atoms with Crippen LogP contribution in [0.15, 0.2) is 53.5 Å². The van der Waals surface area contributed by atoms with Crippen LogP contribution in [0, 0.1) is 0 Å². The molecule has 27 heavy (non-hydrogen) atoms. The Morgan fingerprint density at radius 1 is 1.19 bits per heavy atom. The Morgan fingerprint density at radius 2 is 1.93 bits per heavy atom. The molecule has 8 nitrogen and oxygen atoms in total. The number of aromatic nitrogens is 3. The standard InChI is InChI=1S/C19H20N4O4/c1-26-15-11-14(12-16(13-15)27-2)6-7-18(24)20-8-10-23-19(25)22-9-4-3-5-17(22)21-23/h3-7,9,11-13H,8,10H2,1-2H3,(H,20,24). The van der Waals surface area contributed by atoms with Crippen LogP contribution < -0.4 is 20.5 Å². The van der Waals surface area contributed by atoms with Gasteiger partial charge in [0.05, 0.1) is 20.8 Å². The van der Waals surface area contributed by atoms with Gasteiger partial charge in [-0.15, -0.1) is 5.10 Å². The third-order valence-electron chi connectivity index (χ3n) is 3.91. The molecule has 140 valence electrons. The molecule has 0 bridgehead atoms. The first-order valence-electron chi connectivity index (χ1n) is 8.34. The van der Waals surface area contributed by atoms with Crippen LogP contribution in [0.1, 0.15) is 5.56 Å². The maximum absolute atomic E-state index is 12.1. The molecule has 1 aromatic carbocycles. The molecule has 2 heterocycles. The van der Waals surface area contributed by atoms with Crippen molar-refractivity contribution in [3.8, 4) is 11.5 Å². The van der Waals surface area contributed by atoms with Gasteiger partial charge in [-0.25, -0.2) is 9.48 Å². The number of hydrogen-bond acceptors (Lipinski definition) is 5. The van der Waals surface area contributed by atoms with Gasteiger partial charge in [-0.1, -0.05) is 6.07 Å². The van der Waals surface area contributed by atoms with E-state index in [2.05, 4.69) is 10.4 Å². The van der Waals surface area contributed by atoms with Crippen molar-refractivity contribution in [2.75, 3.05) is 20.8 Å². The Morgan fingerprint density at radius 3 is 2.59 bits per heavy atom. The number of carbonyl (C=O) groups is 1. The summed E-state index contributed by atoms with van der Waals surface area (Å²) in [6.07, 6.45) is 4.74. The molecule has 0 aliphatic heterocycles. The highest BCUT2D eigenvalue weighted by molar-refractivity contribution is 5.91. The maximum atomic E-state index is 12.1. The van der Waals surface area contributed by atoms with Crippen LogP contribution in [0.5, 0.6) is 11.5 Å². The molecule has 0 aliphatic carbocycles. The van der Waals surface area contributed by atoms with E-state index < -0.39 is 0 Å². The quantitative estimate of drug-likeness (QED) is 0.636. The van der Waals surface area contributed by atoms with Crippen molar-refractivity contribution in [2.45, 2.75) is 6.54 Å². The lowest BCUT2D eigenvalue weighted by Gasteiger charge is -2.06. The lowest BCUT2D eigenvalue weighted by atomic mass is 10.2. The van der Waals surface area contributed by atoms with Gasteiger partial charge in [0, 0.05) is 24.9 Å². The number of fused-ring (bicyclic) bond motifs is 1. The largest absolute Gasteiger partial charge is 0.497 e. The summed E-state index contributed by atoms with van der Waals surface area (Å²) in [6.45, 7) is 0.571. The summed E-state index contributed by atoms with van der Waals surface area (Å²) in [7, 11) is 3.13. The second-order valence-corrected chi connectivity index (χ2v) is 5.70. The zero-order valence-corrected chi connectivity index (χ0v) is 15.1. The predicted octanol–water partition coefficient (Wildman–Crippen LogP) is 1.34. The van der Waals surface area contributed by atoms with Gasteiger partial charge in [-0.05, 0) is 35.9 Å². The highest BCUT2D eigenvalue weighted by atomic mass is 16.5. The van der Waals surface area contributed by atoms with E-state index in [-0.39, 0.29) is 24.7 Å². The van der Waals surface area contributed by atoms with Gasteiger partial charge in [0.2, 0.25) is 5.91 Å². The van der Waals surface area contributed by atoms with Crippen LogP contribution in [0.4, 0.5) is 0 Å². The van der Waals surface area contributed by atoms with Gasteiger partial charge in [-0.2, -0.15) is 0 Å². The molecule has 0 spiro atoms. The number of nitrogens with zero attached hydrogens (tertiary/aromatic N) is 3. The van der Waals surface area contributed by atoms with Crippen molar-refractivity contribution >= 4 is 17.6 Å². The Balaban J connectivity index is 1.59. The van der Waals surface area contributed by atoms with Gasteiger partial charge in [0.15, 0.2) is 5.65 Å². The number of hydrogen-bond donors (Lipinski definition) is 1. The van der Waals surface area contributed by atoms with Crippen LogP contribution in [-0.4, -0.2) is 40.9 Å². The van der Waals surface area contributed by atoms with Crippen LogP contribution in [0.25, 0.3) is 11.7 Å². The Kier molecular flexibility index (Phi) is 5.55. The molecule has 3 rings (SSSR count). The number of pyridine rings is 1. The first kappa shape index (κ1) is 18.2. The van der Waals surface area contributed by atoms with Crippen LogP contribution in [0.2, 0.25) is 0 Å². The van der Waals surface area contributed by atoms with E-state index in [9.17, 15) is 9.59 Å². The molecule has 0 fully saturated rings. The van der Waals surface area contributed by atoms with Gasteiger partial charge in [0.1, 0.15) is 11.5 Å². The normalized spacial score (nSPS) is 11.0. The third-order valence-corrected chi connectivity index (χ3v) is 3.91. The van der Waals surface area contributed by atoms with Crippen LogP contribution in [0.3, 0.4) is 0 Å². The number of amides is 1. The van der Waals surface area contributed by atoms with E-state index in [4.69, 9.17) is 9.47 Å². The summed E-state index contributed by atoms with van der Waals surface area (Å²) in [5.41, 5.74) is 1.11. The highest BCUT2D eigenvalue weighted by Crippen LogP contribution is 2.23. The molecule has 0 saturated carbocycles. The first-order chi connectivity index (χ1) is 13.1. The van der Waals surface area contributed by atoms with Crippen LogP contribution in [-0.2, 0) is 11.3 Å². The van der Waals surface area contributed by atoms with E-state index in [1.807, 2.05) is 6.07 Å². The summed E-state index contributed by atoms with van der Waals surface area (Å²) < 4.78 is 13.2. The minimum Gasteiger partial charge on any atom is -0.497 e. The summed E-state index contributed by atoms with van der Waals surface area (Å²) in [5, 5.41) is 6.94. The number of ether oxygens (including phenoxy) is 2. The van der Waals surface area contributed by atoms with E-state index in [0.717, 1.165) is 5.56 Å². The molecule has 8 heteroatoms. The third kappa shape index (κ3) is 4.35. The van der Waals surface area contributed by atoms with Crippen molar-refractivity contribution in [2.24, 2.45) is 0 Å². The van der Waals surface area contributed by atoms with Gasteiger partial charge < -0.3 is 14.8 Å². The van der Waals surface area contributed by atoms with E-state index in [1.165, 1.54) is 15.2 Å². The summed E-state index contributed by atoms with van der Waals surface area (Å²) in [6, 6.07) is 10.7. The average Bonchev–Trinajstić information content (AvgIpc) is 3.02. The van der Waals surface area contributed by atoms with Crippen LogP contribution >= 0.6 is 0 Å². The molecule has 0 unspecified atom stereocenters. The van der Waals surface area contributed by atoms with Gasteiger partial charge in [-0.3, -0.25) is 9.20 Å². The summed E-state index contributed by atoms with van der Waals surface area (Å²) in [5.74, 6) is 1.01. The van der Waals surface area contributed by atoms with Crippen molar-refractivity contribution in [1.29, 1.82) is 0 Å². The Labute approximate surface area is 155 Å². The first-order valence-corrected chi connectivity index (χ1v) is 8.34. The number of nitrogens with one attached hydrogen (secondary N) is 1. The van der Waals surface area contributed by atoms with Gasteiger partial charge >= 0.3 is 5.69 Å². The monoisotopic (exact) mass is 368 g/mol. The fourth-order valence-corrected chi connectivity index (χ4v) is 2.56.